The number of methoxy groups -OCH3 is 2. The van der Waals surface area contributed by atoms with Gasteiger partial charge in [0, 0.05) is 17.7 Å². The maximum atomic E-state index is 12.6. The molecule has 0 amide bonds. The molecule has 2 heterocycles. The molecular weight excluding hydrogens is 310 g/mol. The maximum absolute atomic E-state index is 12.6. The minimum Gasteiger partial charge on any atom is -0.493 e. The zero-order valence-electron chi connectivity index (χ0n) is 13.4. The minimum absolute atomic E-state index is 0.129. The molecule has 1 aliphatic carbocycles. The highest BCUT2D eigenvalue weighted by Crippen LogP contribution is 2.41. The topological polar surface area (TPSA) is 91.2 Å². The molecule has 1 aromatic carbocycles. The molecular formula is C16H17N5O3. The zero-order chi connectivity index (χ0) is 16.7. The zero-order valence-corrected chi connectivity index (χ0v) is 13.4. The van der Waals surface area contributed by atoms with Crippen molar-refractivity contribution in [2.75, 3.05) is 19.5 Å². The Kier molecular flexibility index (Phi) is 3.44. The molecule has 1 atom stereocenters. The van der Waals surface area contributed by atoms with Crippen LogP contribution in [0.25, 0.3) is 0 Å². The van der Waals surface area contributed by atoms with Crippen molar-refractivity contribution in [1.82, 2.24) is 20.2 Å². The van der Waals surface area contributed by atoms with Crippen LogP contribution < -0.4 is 14.8 Å². The van der Waals surface area contributed by atoms with Crippen LogP contribution >= 0.6 is 0 Å². The van der Waals surface area contributed by atoms with Crippen molar-refractivity contribution in [1.29, 1.82) is 0 Å². The summed E-state index contributed by atoms with van der Waals surface area (Å²) in [7, 11) is 3.18. The molecule has 124 valence electrons. The first-order valence-corrected chi connectivity index (χ1v) is 7.76. The van der Waals surface area contributed by atoms with E-state index >= 15 is 0 Å². The number of carbonyl (C=O) groups is 1. The number of hydrogen-bond acceptors (Lipinski definition) is 7. The third-order valence-corrected chi connectivity index (χ3v) is 4.45. The van der Waals surface area contributed by atoms with Crippen molar-refractivity contribution in [2.24, 2.45) is 0 Å². The number of aromatic nitrogens is 4. The maximum Gasteiger partial charge on any atom is 0.248 e. The van der Waals surface area contributed by atoms with E-state index in [0.717, 1.165) is 29.7 Å². The fraction of sp³-hybridized carbons (Fsp3) is 0.375. The Morgan fingerprint density at radius 1 is 1.21 bits per heavy atom. The van der Waals surface area contributed by atoms with E-state index in [-0.39, 0.29) is 11.8 Å². The Morgan fingerprint density at radius 2 is 2.04 bits per heavy atom. The molecule has 2 aromatic rings. The van der Waals surface area contributed by atoms with Crippen LogP contribution in [0.1, 0.15) is 30.9 Å². The number of carbonyl (C=O) groups excluding carboxylic acids is 1. The number of ether oxygens (including phenoxy) is 2. The first-order valence-electron chi connectivity index (χ1n) is 7.76. The smallest absolute Gasteiger partial charge is 0.248 e. The predicted octanol–water partition coefficient (Wildman–Crippen LogP) is 1.71. The predicted molar refractivity (Wildman–Crippen MR) is 85.0 cm³/mol. The van der Waals surface area contributed by atoms with E-state index in [1.807, 2.05) is 18.2 Å². The van der Waals surface area contributed by atoms with Crippen molar-refractivity contribution >= 4 is 11.7 Å². The average Bonchev–Trinajstić information content (AvgIpc) is 3.07. The van der Waals surface area contributed by atoms with Gasteiger partial charge in [-0.15, -0.1) is 0 Å². The van der Waals surface area contributed by atoms with Crippen LogP contribution in [0.2, 0.25) is 0 Å². The van der Waals surface area contributed by atoms with E-state index in [4.69, 9.17) is 9.47 Å². The quantitative estimate of drug-likeness (QED) is 0.917. The summed E-state index contributed by atoms with van der Waals surface area (Å²) in [5, 5.41) is 15.0. The van der Waals surface area contributed by atoms with Crippen molar-refractivity contribution < 1.29 is 14.3 Å². The molecule has 0 saturated carbocycles. The minimum atomic E-state index is -0.362. The largest absolute Gasteiger partial charge is 0.493 e. The number of Topliss-reactive ketones (excluding diaryl/α,β-unsaturated/α-hetero) is 1. The van der Waals surface area contributed by atoms with E-state index < -0.39 is 0 Å². The first-order chi connectivity index (χ1) is 11.7. The third-order valence-electron chi connectivity index (χ3n) is 4.45. The van der Waals surface area contributed by atoms with Gasteiger partial charge in [-0.25, -0.2) is 0 Å². The second kappa shape index (κ2) is 5.63. The van der Waals surface area contributed by atoms with Gasteiger partial charge in [0.05, 0.1) is 14.2 Å². The summed E-state index contributed by atoms with van der Waals surface area (Å²) in [6.45, 7) is 0. The number of anilines is 1. The number of fused-ring (bicyclic) bond motifs is 1. The molecule has 1 N–H and O–H groups in total. The molecule has 4 rings (SSSR count). The van der Waals surface area contributed by atoms with E-state index in [0.29, 0.717) is 23.9 Å². The van der Waals surface area contributed by atoms with Crippen LogP contribution in [0.4, 0.5) is 5.95 Å². The van der Waals surface area contributed by atoms with Gasteiger partial charge in [-0.1, -0.05) is 11.2 Å². The SMILES string of the molecule is COc1ccc([C@H]2C3=C(CCCC3=O)Nc3nnnn32)cc1OC. The second-order valence-electron chi connectivity index (χ2n) is 5.76. The molecule has 0 radical (unpaired) electrons. The summed E-state index contributed by atoms with van der Waals surface area (Å²) in [6.07, 6.45) is 2.20. The number of hydrogen-bond donors (Lipinski definition) is 1. The molecule has 24 heavy (non-hydrogen) atoms. The molecule has 2 aliphatic rings. The van der Waals surface area contributed by atoms with E-state index in [1.54, 1.807) is 18.9 Å². The summed E-state index contributed by atoms with van der Waals surface area (Å²) in [5.74, 6) is 1.91. The van der Waals surface area contributed by atoms with Gasteiger partial charge < -0.3 is 14.8 Å². The number of ketones is 1. The van der Waals surface area contributed by atoms with E-state index in [2.05, 4.69) is 20.8 Å². The highest BCUT2D eigenvalue weighted by Gasteiger charge is 2.36. The number of rotatable bonds is 3. The van der Waals surface area contributed by atoms with Gasteiger partial charge in [0.25, 0.3) is 0 Å². The lowest BCUT2D eigenvalue weighted by atomic mass is 9.85. The highest BCUT2D eigenvalue weighted by atomic mass is 16.5. The van der Waals surface area contributed by atoms with Gasteiger partial charge in [0.2, 0.25) is 5.95 Å². The molecule has 1 aromatic heterocycles. The Labute approximate surface area is 138 Å². The summed E-state index contributed by atoms with van der Waals surface area (Å²) >= 11 is 0. The Hall–Kier alpha value is -2.90. The second-order valence-corrected chi connectivity index (χ2v) is 5.76. The van der Waals surface area contributed by atoms with Gasteiger partial charge in [0.1, 0.15) is 6.04 Å². The van der Waals surface area contributed by atoms with Gasteiger partial charge in [0.15, 0.2) is 17.3 Å². The van der Waals surface area contributed by atoms with Crippen LogP contribution in [0.15, 0.2) is 29.5 Å². The lowest BCUT2D eigenvalue weighted by molar-refractivity contribution is -0.116. The van der Waals surface area contributed by atoms with Crippen molar-refractivity contribution in [3.05, 3.63) is 35.0 Å². The monoisotopic (exact) mass is 327 g/mol. The van der Waals surface area contributed by atoms with Gasteiger partial charge >= 0.3 is 0 Å². The van der Waals surface area contributed by atoms with Crippen molar-refractivity contribution in [3.8, 4) is 11.5 Å². The summed E-state index contributed by atoms with van der Waals surface area (Å²) < 4.78 is 12.3. The molecule has 8 nitrogen and oxygen atoms in total. The van der Waals surface area contributed by atoms with Crippen LogP contribution in [0, 0.1) is 0 Å². The molecule has 0 saturated heterocycles. The van der Waals surface area contributed by atoms with Crippen molar-refractivity contribution in [3.63, 3.8) is 0 Å². The molecule has 0 spiro atoms. The Balaban J connectivity index is 1.89. The first kappa shape index (κ1) is 14.7. The Morgan fingerprint density at radius 3 is 2.83 bits per heavy atom. The summed E-state index contributed by atoms with van der Waals surface area (Å²) in [6, 6.07) is 5.24. The van der Waals surface area contributed by atoms with Gasteiger partial charge in [-0.2, -0.15) is 4.68 Å². The number of benzene rings is 1. The van der Waals surface area contributed by atoms with Crippen molar-refractivity contribution in [2.45, 2.75) is 25.3 Å². The highest BCUT2D eigenvalue weighted by molar-refractivity contribution is 5.99. The van der Waals surface area contributed by atoms with Crippen LogP contribution in [0.5, 0.6) is 11.5 Å². The number of nitrogens with one attached hydrogen (secondary N) is 1. The summed E-state index contributed by atoms with van der Waals surface area (Å²) in [4.78, 5) is 12.6. The molecule has 8 heteroatoms. The average molecular weight is 327 g/mol. The number of allylic oxidation sites excluding steroid dienone is 2. The number of nitrogens with zero attached hydrogens (tertiary/aromatic N) is 4. The molecule has 1 aliphatic heterocycles. The molecule has 0 unspecified atom stereocenters. The molecule has 0 fully saturated rings. The normalized spacial score (nSPS) is 19.4. The van der Waals surface area contributed by atoms with Gasteiger partial charge in [-0.3, -0.25) is 4.79 Å². The van der Waals surface area contributed by atoms with Crippen LogP contribution in [0.3, 0.4) is 0 Å². The van der Waals surface area contributed by atoms with E-state index in [1.165, 1.54) is 0 Å². The standard InChI is InChI=1S/C16H17N5O3/c1-23-12-7-6-9(8-13(12)24-2)15-14-10(4-3-5-11(14)22)17-16-18-19-20-21(15)16/h6-8,15H,3-5H2,1-2H3,(H,17,18,20)/t15-/m0/s1. The lowest BCUT2D eigenvalue weighted by Gasteiger charge is -2.31. The van der Waals surface area contributed by atoms with E-state index in [9.17, 15) is 4.79 Å². The summed E-state index contributed by atoms with van der Waals surface area (Å²) in [5.41, 5.74) is 2.52. The van der Waals surface area contributed by atoms with Crippen LogP contribution in [-0.4, -0.2) is 40.2 Å². The number of tetrazole rings is 1. The Bertz CT molecular complexity index is 842. The molecule has 0 bridgehead atoms. The lowest BCUT2D eigenvalue weighted by Crippen LogP contribution is -2.31. The van der Waals surface area contributed by atoms with Crippen LogP contribution in [-0.2, 0) is 4.79 Å². The fourth-order valence-electron chi connectivity index (χ4n) is 3.35. The fourth-order valence-corrected chi connectivity index (χ4v) is 3.35. The third kappa shape index (κ3) is 2.14. The van der Waals surface area contributed by atoms with Gasteiger partial charge in [-0.05, 0) is 41.0 Å².